The van der Waals surface area contributed by atoms with Crippen molar-refractivity contribution in [2.24, 2.45) is 0 Å². The van der Waals surface area contributed by atoms with Crippen molar-refractivity contribution in [2.45, 2.75) is 19.3 Å². The second-order valence-corrected chi connectivity index (χ2v) is 16.0. The van der Waals surface area contributed by atoms with Crippen LogP contribution in [0.1, 0.15) is 25.0 Å². The highest BCUT2D eigenvalue weighted by molar-refractivity contribution is 6.24. The number of benzene rings is 10. The van der Waals surface area contributed by atoms with E-state index in [1.807, 2.05) is 0 Å². The van der Waals surface area contributed by atoms with E-state index in [1.54, 1.807) is 0 Å². The zero-order valence-electron chi connectivity index (χ0n) is 32.1. The van der Waals surface area contributed by atoms with Crippen LogP contribution in [0.4, 0.5) is 0 Å². The van der Waals surface area contributed by atoms with Gasteiger partial charge in [0.25, 0.3) is 0 Å². The van der Waals surface area contributed by atoms with Crippen molar-refractivity contribution in [3.05, 3.63) is 217 Å². The summed E-state index contributed by atoms with van der Waals surface area (Å²) in [5.74, 6) is 0. The maximum absolute atomic E-state index is 2.47. The summed E-state index contributed by atoms with van der Waals surface area (Å²) >= 11 is 0. The second-order valence-electron chi connectivity index (χ2n) is 16.0. The Labute approximate surface area is 334 Å². The summed E-state index contributed by atoms with van der Waals surface area (Å²) in [7, 11) is 0. The molecule has 0 unspecified atom stereocenters. The Balaban J connectivity index is 1.14. The highest BCUT2D eigenvalue weighted by atomic mass is 14.4. The fraction of sp³-hybridized carbons (Fsp3) is 0.0526. The van der Waals surface area contributed by atoms with Gasteiger partial charge in [0, 0.05) is 5.41 Å². The van der Waals surface area contributed by atoms with Gasteiger partial charge < -0.3 is 0 Å². The molecule has 0 nitrogen and oxygen atoms in total. The molecule has 0 fully saturated rings. The molecule has 11 rings (SSSR count). The van der Waals surface area contributed by atoms with Gasteiger partial charge in [-0.25, -0.2) is 0 Å². The van der Waals surface area contributed by atoms with Crippen LogP contribution >= 0.6 is 0 Å². The van der Waals surface area contributed by atoms with Crippen molar-refractivity contribution < 1.29 is 0 Å². The second kappa shape index (κ2) is 13.0. The van der Waals surface area contributed by atoms with E-state index in [9.17, 15) is 0 Å². The average Bonchev–Trinajstić information content (AvgIpc) is 3.50. The van der Waals surface area contributed by atoms with Crippen LogP contribution in [0.5, 0.6) is 0 Å². The highest BCUT2D eigenvalue weighted by Crippen LogP contribution is 2.52. The molecule has 0 N–H and O–H groups in total. The molecule has 57 heavy (non-hydrogen) atoms. The van der Waals surface area contributed by atoms with E-state index in [-0.39, 0.29) is 5.41 Å². The van der Waals surface area contributed by atoms with E-state index in [2.05, 4.69) is 220 Å². The molecule has 0 bridgehead atoms. The van der Waals surface area contributed by atoms with Gasteiger partial charge >= 0.3 is 0 Å². The van der Waals surface area contributed by atoms with E-state index >= 15 is 0 Å². The standard InChI is InChI=1S/C57H40/c1-57(2)53-30-14-13-21-46(53)47-32-31-39(36-54(47)57)55-49-22-9-11-24-51(49)56(52-25-12-10-23-50(52)55)48-29-16-27-44-43(26-15-28-45(44)48)42-34-40(37-17-5-3-6-18-37)33-41(35-42)38-19-7-4-8-20-38/h3-36H,1-2H3. The lowest BCUT2D eigenvalue weighted by Crippen LogP contribution is -2.14. The number of rotatable bonds is 5. The summed E-state index contributed by atoms with van der Waals surface area (Å²) < 4.78 is 0. The van der Waals surface area contributed by atoms with Crippen LogP contribution in [0.2, 0.25) is 0 Å². The van der Waals surface area contributed by atoms with Gasteiger partial charge in [-0.05, 0) is 134 Å². The summed E-state index contributed by atoms with van der Waals surface area (Å²) in [6.07, 6.45) is 0. The molecule has 0 heteroatoms. The minimum absolute atomic E-state index is 0.0728. The third-order valence-electron chi connectivity index (χ3n) is 12.5. The van der Waals surface area contributed by atoms with Crippen LogP contribution in [-0.4, -0.2) is 0 Å². The lowest BCUT2D eigenvalue weighted by Gasteiger charge is -2.23. The Morgan fingerprint density at radius 2 is 0.684 bits per heavy atom. The van der Waals surface area contributed by atoms with Crippen molar-refractivity contribution in [1.82, 2.24) is 0 Å². The van der Waals surface area contributed by atoms with Gasteiger partial charge in [0.15, 0.2) is 0 Å². The molecule has 0 amide bonds. The molecule has 0 heterocycles. The van der Waals surface area contributed by atoms with E-state index in [0.717, 1.165) is 0 Å². The highest BCUT2D eigenvalue weighted by Gasteiger charge is 2.35. The lowest BCUT2D eigenvalue weighted by atomic mass is 9.80. The van der Waals surface area contributed by atoms with Gasteiger partial charge in [-0.2, -0.15) is 0 Å². The van der Waals surface area contributed by atoms with Crippen molar-refractivity contribution in [3.63, 3.8) is 0 Å². The Hall–Kier alpha value is -7.02. The van der Waals surface area contributed by atoms with Crippen LogP contribution in [0.15, 0.2) is 206 Å². The van der Waals surface area contributed by atoms with Gasteiger partial charge in [0.2, 0.25) is 0 Å². The quantitative estimate of drug-likeness (QED) is 0.155. The molecule has 0 aromatic heterocycles. The third-order valence-corrected chi connectivity index (χ3v) is 12.5. The molecule has 1 aliphatic rings. The third kappa shape index (κ3) is 5.29. The van der Waals surface area contributed by atoms with E-state index in [4.69, 9.17) is 0 Å². The van der Waals surface area contributed by atoms with Gasteiger partial charge in [-0.1, -0.05) is 196 Å². The van der Waals surface area contributed by atoms with E-state index < -0.39 is 0 Å². The molecular weight excluding hydrogens is 685 g/mol. The Kier molecular flexibility index (Phi) is 7.63. The van der Waals surface area contributed by atoms with Crippen molar-refractivity contribution in [2.75, 3.05) is 0 Å². The first kappa shape index (κ1) is 33.3. The monoisotopic (exact) mass is 724 g/mol. The van der Waals surface area contributed by atoms with Crippen molar-refractivity contribution in [1.29, 1.82) is 0 Å². The summed E-state index contributed by atoms with van der Waals surface area (Å²) in [6, 6.07) is 76.4. The first-order valence-electron chi connectivity index (χ1n) is 20.0. The topological polar surface area (TPSA) is 0 Å². The van der Waals surface area contributed by atoms with E-state index in [0.29, 0.717) is 0 Å². The zero-order chi connectivity index (χ0) is 38.1. The molecular formula is C57H40. The predicted octanol–water partition coefficient (Wildman–Crippen LogP) is 15.8. The SMILES string of the molecule is CC1(C)c2ccccc2-c2ccc(-c3c4ccccc4c(-c4cccc5c(-c6cc(-c7ccccc7)cc(-c7ccccc7)c6)cccc45)c4ccccc34)cc21. The fourth-order valence-corrected chi connectivity index (χ4v) is 9.75. The average molecular weight is 725 g/mol. The number of fused-ring (bicyclic) bond motifs is 6. The summed E-state index contributed by atoms with van der Waals surface area (Å²) in [5, 5.41) is 7.58. The normalized spacial score (nSPS) is 12.9. The first-order valence-corrected chi connectivity index (χ1v) is 20.0. The zero-order valence-corrected chi connectivity index (χ0v) is 32.1. The maximum atomic E-state index is 2.47. The molecule has 0 spiro atoms. The summed E-state index contributed by atoms with van der Waals surface area (Å²) in [4.78, 5) is 0. The minimum Gasteiger partial charge on any atom is -0.0622 e. The first-order chi connectivity index (χ1) is 28.0. The largest absolute Gasteiger partial charge is 0.0622 e. The number of hydrogen-bond donors (Lipinski definition) is 0. The lowest BCUT2D eigenvalue weighted by molar-refractivity contribution is 0.660. The fourth-order valence-electron chi connectivity index (χ4n) is 9.75. The van der Waals surface area contributed by atoms with Crippen molar-refractivity contribution in [3.8, 4) is 66.8 Å². The van der Waals surface area contributed by atoms with Crippen molar-refractivity contribution >= 4 is 32.3 Å². The minimum atomic E-state index is -0.0728. The molecule has 0 saturated carbocycles. The molecule has 0 atom stereocenters. The summed E-state index contributed by atoms with van der Waals surface area (Å²) in [5.41, 5.74) is 17.8. The van der Waals surface area contributed by atoms with Crippen LogP contribution in [0.3, 0.4) is 0 Å². The van der Waals surface area contributed by atoms with Crippen LogP contribution < -0.4 is 0 Å². The van der Waals surface area contributed by atoms with Crippen LogP contribution in [0.25, 0.3) is 99.1 Å². The summed E-state index contributed by atoms with van der Waals surface area (Å²) in [6.45, 7) is 4.74. The van der Waals surface area contributed by atoms with Gasteiger partial charge in [-0.15, -0.1) is 0 Å². The molecule has 0 saturated heterocycles. The predicted molar refractivity (Wildman–Crippen MR) is 244 cm³/mol. The maximum Gasteiger partial charge on any atom is 0.0159 e. The van der Waals surface area contributed by atoms with Gasteiger partial charge in [-0.3, -0.25) is 0 Å². The Morgan fingerprint density at radius 3 is 1.30 bits per heavy atom. The Morgan fingerprint density at radius 1 is 0.246 bits per heavy atom. The molecule has 0 aliphatic heterocycles. The van der Waals surface area contributed by atoms with Crippen LogP contribution in [-0.2, 0) is 5.41 Å². The van der Waals surface area contributed by atoms with Gasteiger partial charge in [0.1, 0.15) is 0 Å². The molecule has 10 aromatic carbocycles. The molecule has 1 aliphatic carbocycles. The van der Waals surface area contributed by atoms with E-state index in [1.165, 1.54) is 110 Å². The smallest absolute Gasteiger partial charge is 0.0159 e. The van der Waals surface area contributed by atoms with Gasteiger partial charge in [0.05, 0.1) is 0 Å². The van der Waals surface area contributed by atoms with Crippen LogP contribution in [0, 0.1) is 0 Å². The Bertz CT molecular complexity index is 3070. The number of hydrogen-bond acceptors (Lipinski definition) is 0. The molecule has 0 radical (unpaired) electrons. The molecule has 268 valence electrons. The molecule has 10 aromatic rings.